The summed E-state index contributed by atoms with van der Waals surface area (Å²) in [6.07, 6.45) is 12.0. The summed E-state index contributed by atoms with van der Waals surface area (Å²) < 4.78 is 11.2. The van der Waals surface area contributed by atoms with Gasteiger partial charge in [0, 0.05) is 10.8 Å². The van der Waals surface area contributed by atoms with Gasteiger partial charge in [0.1, 0.15) is 6.10 Å². The highest BCUT2D eigenvalue weighted by atomic mass is 16.5. The van der Waals surface area contributed by atoms with Gasteiger partial charge in [-0.1, -0.05) is 46.8 Å². The summed E-state index contributed by atoms with van der Waals surface area (Å²) in [5.74, 6) is 3.07. The van der Waals surface area contributed by atoms with E-state index < -0.39 is 0 Å². The topological polar surface area (TPSA) is 52.6 Å². The van der Waals surface area contributed by atoms with E-state index in [-0.39, 0.29) is 27.8 Å². The zero-order chi connectivity index (χ0) is 26.1. The quantitative estimate of drug-likeness (QED) is 0.284. The first-order valence-electron chi connectivity index (χ1n) is 14.7. The number of carbonyl (C=O) groups is 2. The normalized spacial score (nSPS) is 51.1. The Morgan fingerprint density at radius 3 is 2.25 bits per heavy atom. The molecule has 202 valence electrons. The van der Waals surface area contributed by atoms with Crippen LogP contribution in [-0.4, -0.2) is 25.7 Å². The predicted molar refractivity (Wildman–Crippen MR) is 142 cm³/mol. The minimum absolute atomic E-state index is 0.0113. The monoisotopic (exact) mass is 498 g/mol. The molecule has 5 fully saturated rings. The molecule has 10 atom stereocenters. The lowest BCUT2D eigenvalue weighted by Crippen LogP contribution is -2.67. The number of carbonyl (C=O) groups excluding carboxylic acids is 2. The van der Waals surface area contributed by atoms with Crippen LogP contribution >= 0.6 is 0 Å². The van der Waals surface area contributed by atoms with E-state index in [0.29, 0.717) is 54.6 Å². The standard InChI is InChI=1S/C32H50O4/c1-21(2)22-10-15-32(18-35-19-33)17-16-30(6)23(27(22)32)8-9-25-29(5)13-12-26(36-20-34)28(3,4)24(29)11-14-31(25,30)7/h19-20,22-27H,1,8-18H2,2-7H3/t22-,23+,24+,25+,26-,27-,29-,30+,31+,32+/m0/s1. The lowest BCUT2D eigenvalue weighted by atomic mass is 9.32. The predicted octanol–water partition coefficient (Wildman–Crippen LogP) is 7.36. The molecule has 0 amide bonds. The Bertz CT molecular complexity index is 910. The van der Waals surface area contributed by atoms with Crippen molar-refractivity contribution in [1.82, 2.24) is 0 Å². The summed E-state index contributed by atoms with van der Waals surface area (Å²) in [7, 11) is 0. The van der Waals surface area contributed by atoms with Gasteiger partial charge in [0.2, 0.25) is 0 Å². The fraction of sp³-hybridized carbons (Fsp3) is 0.875. The van der Waals surface area contributed by atoms with Crippen LogP contribution in [0.5, 0.6) is 0 Å². The average molecular weight is 499 g/mol. The lowest BCUT2D eigenvalue weighted by molar-refractivity contribution is -0.250. The largest absolute Gasteiger partial charge is 0.467 e. The summed E-state index contributed by atoms with van der Waals surface area (Å²) in [4.78, 5) is 22.5. The third kappa shape index (κ3) is 3.30. The fourth-order valence-electron chi connectivity index (χ4n) is 12.0. The second-order valence-corrected chi connectivity index (χ2v) is 15.0. The van der Waals surface area contributed by atoms with Crippen molar-refractivity contribution in [3.05, 3.63) is 12.2 Å². The third-order valence-corrected chi connectivity index (χ3v) is 13.8. The van der Waals surface area contributed by atoms with Crippen molar-refractivity contribution in [2.24, 2.45) is 56.7 Å². The molecule has 0 aliphatic heterocycles. The molecule has 0 aromatic rings. The van der Waals surface area contributed by atoms with Crippen molar-refractivity contribution in [3.63, 3.8) is 0 Å². The van der Waals surface area contributed by atoms with Crippen molar-refractivity contribution in [1.29, 1.82) is 0 Å². The van der Waals surface area contributed by atoms with Crippen molar-refractivity contribution in [3.8, 4) is 0 Å². The molecule has 0 bridgehead atoms. The number of allylic oxidation sites excluding steroid dienone is 1. The van der Waals surface area contributed by atoms with Crippen LogP contribution < -0.4 is 0 Å². The smallest absolute Gasteiger partial charge is 0.293 e. The molecular weight excluding hydrogens is 448 g/mol. The molecule has 0 spiro atoms. The van der Waals surface area contributed by atoms with Gasteiger partial charge >= 0.3 is 0 Å². The molecule has 5 aliphatic carbocycles. The lowest BCUT2D eigenvalue weighted by Gasteiger charge is -2.73. The van der Waals surface area contributed by atoms with E-state index in [4.69, 9.17) is 9.47 Å². The van der Waals surface area contributed by atoms with E-state index in [1.165, 1.54) is 56.9 Å². The molecule has 5 rings (SSSR count). The first-order chi connectivity index (χ1) is 16.9. The highest BCUT2D eigenvalue weighted by molar-refractivity contribution is 5.38. The number of hydrogen-bond donors (Lipinski definition) is 0. The van der Waals surface area contributed by atoms with Gasteiger partial charge in [-0.25, -0.2) is 0 Å². The Morgan fingerprint density at radius 2 is 1.58 bits per heavy atom. The molecule has 0 unspecified atom stereocenters. The Balaban J connectivity index is 1.51. The summed E-state index contributed by atoms with van der Waals surface area (Å²) in [6.45, 7) is 21.2. The van der Waals surface area contributed by atoms with Crippen LogP contribution in [0.4, 0.5) is 0 Å². The molecule has 36 heavy (non-hydrogen) atoms. The molecule has 5 aliphatic rings. The van der Waals surface area contributed by atoms with Gasteiger partial charge in [0.05, 0.1) is 6.61 Å². The molecule has 0 aromatic carbocycles. The van der Waals surface area contributed by atoms with Gasteiger partial charge in [-0.15, -0.1) is 0 Å². The first-order valence-corrected chi connectivity index (χ1v) is 14.7. The maximum Gasteiger partial charge on any atom is 0.293 e. The molecule has 0 heterocycles. The van der Waals surface area contributed by atoms with E-state index in [1.54, 1.807) is 0 Å². The fourth-order valence-corrected chi connectivity index (χ4v) is 12.0. The summed E-state index contributed by atoms with van der Waals surface area (Å²) >= 11 is 0. The number of ether oxygens (including phenoxy) is 2. The molecule has 0 N–H and O–H groups in total. The summed E-state index contributed by atoms with van der Waals surface area (Å²) in [6, 6.07) is 0. The molecular formula is C32H50O4. The Kier molecular flexibility index (Phi) is 6.28. The first kappa shape index (κ1) is 26.3. The van der Waals surface area contributed by atoms with Crippen molar-refractivity contribution in [2.45, 2.75) is 112 Å². The van der Waals surface area contributed by atoms with E-state index in [1.807, 2.05) is 0 Å². The van der Waals surface area contributed by atoms with Gasteiger partial charge in [-0.3, -0.25) is 9.59 Å². The average Bonchev–Trinajstić information content (AvgIpc) is 3.20. The van der Waals surface area contributed by atoms with Crippen LogP contribution in [0.25, 0.3) is 0 Å². The minimum atomic E-state index is 0.0113. The van der Waals surface area contributed by atoms with Gasteiger partial charge < -0.3 is 9.47 Å². The zero-order valence-corrected chi connectivity index (χ0v) is 23.7. The van der Waals surface area contributed by atoms with Crippen LogP contribution in [0.2, 0.25) is 0 Å². The Labute approximate surface area is 219 Å². The maximum absolute atomic E-state index is 11.3. The van der Waals surface area contributed by atoms with E-state index in [2.05, 4.69) is 48.1 Å². The van der Waals surface area contributed by atoms with Gasteiger partial charge in [0.15, 0.2) is 0 Å². The van der Waals surface area contributed by atoms with Gasteiger partial charge in [0.25, 0.3) is 12.9 Å². The van der Waals surface area contributed by atoms with Crippen molar-refractivity contribution >= 4 is 12.9 Å². The number of fused-ring (bicyclic) bond motifs is 7. The van der Waals surface area contributed by atoms with Crippen LogP contribution in [-0.2, 0) is 19.1 Å². The second-order valence-electron chi connectivity index (χ2n) is 15.0. The zero-order valence-electron chi connectivity index (χ0n) is 23.7. The number of hydrogen-bond acceptors (Lipinski definition) is 4. The van der Waals surface area contributed by atoms with Crippen molar-refractivity contribution < 1.29 is 19.1 Å². The Hall–Kier alpha value is -1.32. The van der Waals surface area contributed by atoms with Gasteiger partial charge in [-0.2, -0.15) is 0 Å². The molecule has 0 radical (unpaired) electrons. The van der Waals surface area contributed by atoms with Crippen molar-refractivity contribution in [2.75, 3.05) is 6.61 Å². The molecule has 5 saturated carbocycles. The SMILES string of the molecule is C=C(C)[C@@H]1CC[C@]2(COC=O)CC[C@]3(C)[C@H](CC[C@@H]4[C@@]5(C)CC[C@H](OC=O)C(C)(C)[C@H]5CC[C@]43C)[C@H]12. The second kappa shape index (κ2) is 8.60. The van der Waals surface area contributed by atoms with E-state index >= 15 is 0 Å². The van der Waals surface area contributed by atoms with Crippen LogP contribution in [0.3, 0.4) is 0 Å². The molecule has 0 saturated heterocycles. The molecule has 4 nitrogen and oxygen atoms in total. The van der Waals surface area contributed by atoms with Gasteiger partial charge in [-0.05, 0) is 117 Å². The van der Waals surface area contributed by atoms with Crippen LogP contribution in [0.15, 0.2) is 12.2 Å². The molecule has 0 aromatic heterocycles. The Morgan fingerprint density at radius 1 is 0.833 bits per heavy atom. The van der Waals surface area contributed by atoms with E-state index in [9.17, 15) is 9.59 Å². The maximum atomic E-state index is 11.3. The van der Waals surface area contributed by atoms with Crippen LogP contribution in [0, 0.1) is 56.7 Å². The number of rotatable bonds is 6. The highest BCUT2D eigenvalue weighted by Crippen LogP contribution is 2.77. The minimum Gasteiger partial charge on any atom is -0.467 e. The molecule has 4 heteroatoms. The van der Waals surface area contributed by atoms with Crippen LogP contribution in [0.1, 0.15) is 106 Å². The summed E-state index contributed by atoms with van der Waals surface area (Å²) in [5, 5.41) is 0. The van der Waals surface area contributed by atoms with E-state index in [0.717, 1.165) is 12.8 Å². The summed E-state index contributed by atoms with van der Waals surface area (Å²) in [5.41, 5.74) is 2.34. The highest BCUT2D eigenvalue weighted by Gasteiger charge is 2.71. The third-order valence-electron chi connectivity index (χ3n) is 13.8.